The van der Waals surface area contributed by atoms with Crippen molar-refractivity contribution in [1.82, 2.24) is 10.3 Å². The number of rotatable bonds is 9. The molecule has 0 spiro atoms. The summed E-state index contributed by atoms with van der Waals surface area (Å²) < 4.78 is 0. The van der Waals surface area contributed by atoms with Gasteiger partial charge in [0.1, 0.15) is 11.3 Å². The SMILES string of the molecule is Nc1nc(CC(=O)Nc2c(O)c(O)c(C(O)(O)C(O)(O)NC(O)(O)Cc3c(O)c(O)c(O)c(O)c3O)c(O)c2O)cs1. The van der Waals surface area contributed by atoms with Gasteiger partial charge in [-0.1, -0.05) is 0 Å². The minimum Gasteiger partial charge on any atom is -0.504 e. The molecule has 1 heterocycles. The molecule has 0 fully saturated rings. The van der Waals surface area contributed by atoms with Crippen molar-refractivity contribution in [3.8, 4) is 51.7 Å². The normalized spacial score (nSPS) is 12.4. The Morgan fingerprint density at radius 2 is 1.24 bits per heavy atom. The van der Waals surface area contributed by atoms with Gasteiger partial charge < -0.3 is 87.6 Å². The third kappa shape index (κ3) is 5.56. The number of nitrogens with two attached hydrogens (primary N) is 1. The highest BCUT2D eigenvalue weighted by atomic mass is 32.1. The van der Waals surface area contributed by atoms with Gasteiger partial charge >= 0.3 is 0 Å². The molecule has 0 radical (unpaired) electrons. The summed E-state index contributed by atoms with van der Waals surface area (Å²) in [7, 11) is 0. The monoisotopic (exact) mass is 620 g/mol. The highest BCUT2D eigenvalue weighted by Gasteiger charge is 2.56. The van der Waals surface area contributed by atoms with Crippen molar-refractivity contribution in [3.05, 3.63) is 22.2 Å². The molecule has 0 unspecified atom stereocenters. The van der Waals surface area contributed by atoms with Crippen molar-refractivity contribution >= 4 is 28.1 Å². The molecule has 0 aliphatic rings. The molecule has 3 rings (SSSR count). The summed E-state index contributed by atoms with van der Waals surface area (Å²) in [4.78, 5) is 16.1. The van der Waals surface area contributed by atoms with Crippen LogP contribution in [0.1, 0.15) is 16.8 Å². The molecular formula is C21H24N4O16S. The van der Waals surface area contributed by atoms with E-state index < -0.39 is 105 Å². The quantitative estimate of drug-likeness (QED) is 0.0626. The van der Waals surface area contributed by atoms with Crippen molar-refractivity contribution in [2.75, 3.05) is 11.1 Å². The van der Waals surface area contributed by atoms with E-state index in [0.29, 0.717) is 0 Å². The van der Waals surface area contributed by atoms with Gasteiger partial charge in [-0.25, -0.2) is 10.3 Å². The van der Waals surface area contributed by atoms with Gasteiger partial charge in [0.2, 0.25) is 29.1 Å². The zero-order valence-corrected chi connectivity index (χ0v) is 21.4. The predicted molar refractivity (Wildman–Crippen MR) is 134 cm³/mol. The molecule has 0 aliphatic heterocycles. The van der Waals surface area contributed by atoms with Gasteiger partial charge in [-0.3, -0.25) is 4.79 Å². The third-order valence-electron chi connectivity index (χ3n) is 5.67. The molecule has 21 heteroatoms. The van der Waals surface area contributed by atoms with Gasteiger partial charge in [-0.05, 0) is 0 Å². The van der Waals surface area contributed by atoms with Crippen LogP contribution in [0.15, 0.2) is 5.38 Å². The first-order valence-electron chi connectivity index (χ1n) is 10.9. The van der Waals surface area contributed by atoms with Gasteiger partial charge in [0.25, 0.3) is 11.7 Å². The maximum Gasteiger partial charge on any atom is 0.288 e. The van der Waals surface area contributed by atoms with Crippen LogP contribution in [0.4, 0.5) is 10.8 Å². The van der Waals surface area contributed by atoms with E-state index in [1.54, 1.807) is 0 Å². The number of aromatic hydroxyl groups is 9. The first-order valence-corrected chi connectivity index (χ1v) is 11.8. The Morgan fingerprint density at radius 3 is 1.69 bits per heavy atom. The van der Waals surface area contributed by atoms with Gasteiger partial charge in [0.05, 0.1) is 17.7 Å². The standard InChI is InChI=1S/C21H24N4O16S/c22-18-23-4(3-42-18)1-6(26)24-8-13(31)11(29)7(12(30)14(8)32)20(38,39)21(40,41)25-19(36,37)2-5-9(27)15(33)17(35)16(34)10(5)28/h3,25,27-41H,1-2H2,(H2,22,23)(H,24,26). The molecule has 19 N–H and O–H groups in total. The number of benzene rings is 2. The molecule has 0 saturated heterocycles. The van der Waals surface area contributed by atoms with E-state index in [1.807, 2.05) is 5.32 Å². The van der Waals surface area contributed by atoms with Crippen LogP contribution in [0.5, 0.6) is 51.7 Å². The van der Waals surface area contributed by atoms with Gasteiger partial charge in [-0.2, -0.15) is 0 Å². The van der Waals surface area contributed by atoms with Crippen LogP contribution in [0, 0.1) is 0 Å². The number of anilines is 2. The van der Waals surface area contributed by atoms with Crippen molar-refractivity contribution < 1.29 is 81.4 Å². The third-order valence-corrected chi connectivity index (χ3v) is 6.40. The zero-order valence-electron chi connectivity index (χ0n) is 20.5. The Kier molecular flexibility index (Phi) is 8.01. The van der Waals surface area contributed by atoms with Gasteiger partial charge in [0, 0.05) is 11.8 Å². The number of carbonyl (C=O) groups is 1. The number of nitrogens with one attached hydrogen (secondary N) is 2. The number of nitrogens with zero attached hydrogens (tertiary/aromatic N) is 1. The molecule has 3 aromatic rings. The summed E-state index contributed by atoms with van der Waals surface area (Å²) in [6.07, 6.45) is -2.12. The smallest absolute Gasteiger partial charge is 0.288 e. The topological polar surface area (TPSA) is 383 Å². The summed E-state index contributed by atoms with van der Waals surface area (Å²) in [5.74, 6) is -27.8. The Hall–Kier alpha value is -4.74. The fourth-order valence-electron chi connectivity index (χ4n) is 3.63. The van der Waals surface area contributed by atoms with Crippen LogP contribution in [-0.4, -0.2) is 99.3 Å². The van der Waals surface area contributed by atoms with Gasteiger partial charge in [-0.15, -0.1) is 11.3 Å². The second-order valence-electron chi connectivity index (χ2n) is 8.73. The lowest BCUT2D eigenvalue weighted by atomic mass is 9.96. The number of thiazole rings is 1. The summed E-state index contributed by atoms with van der Waals surface area (Å²) in [6, 6.07) is 0. The molecule has 42 heavy (non-hydrogen) atoms. The number of aromatic nitrogens is 1. The number of hydrogen-bond acceptors (Lipinski definition) is 20. The van der Waals surface area contributed by atoms with E-state index >= 15 is 0 Å². The Balaban J connectivity index is 1.96. The molecule has 1 aromatic heterocycles. The van der Waals surface area contributed by atoms with Crippen LogP contribution in [0.2, 0.25) is 0 Å². The lowest BCUT2D eigenvalue weighted by Gasteiger charge is -2.40. The number of phenols is 9. The maximum absolute atomic E-state index is 12.3. The molecule has 0 aliphatic carbocycles. The summed E-state index contributed by atoms with van der Waals surface area (Å²) >= 11 is 0.984. The summed E-state index contributed by atoms with van der Waals surface area (Å²) in [5, 5.41) is 156. The molecular weight excluding hydrogens is 596 g/mol. The summed E-state index contributed by atoms with van der Waals surface area (Å²) in [5.41, 5.74) is 1.48. The van der Waals surface area contributed by atoms with Crippen LogP contribution >= 0.6 is 11.3 Å². The molecule has 230 valence electrons. The second-order valence-corrected chi connectivity index (χ2v) is 9.62. The Morgan fingerprint density at radius 1 is 0.762 bits per heavy atom. The van der Waals surface area contributed by atoms with E-state index in [4.69, 9.17) is 5.73 Å². The van der Waals surface area contributed by atoms with Crippen LogP contribution < -0.4 is 16.4 Å². The molecule has 2 aromatic carbocycles. The predicted octanol–water partition coefficient (Wildman–Crippen LogP) is -3.50. The largest absolute Gasteiger partial charge is 0.504 e. The molecule has 0 saturated carbocycles. The van der Waals surface area contributed by atoms with E-state index in [-0.39, 0.29) is 10.8 Å². The van der Waals surface area contributed by atoms with E-state index in [9.17, 15) is 81.4 Å². The first-order chi connectivity index (χ1) is 19.1. The molecule has 0 atom stereocenters. The highest BCUT2D eigenvalue weighted by Crippen LogP contribution is 2.55. The maximum atomic E-state index is 12.3. The van der Waals surface area contributed by atoms with Crippen molar-refractivity contribution in [2.45, 2.75) is 30.5 Å². The second kappa shape index (κ2) is 10.6. The molecule has 20 nitrogen and oxygen atoms in total. The average molecular weight is 621 g/mol. The summed E-state index contributed by atoms with van der Waals surface area (Å²) in [6.45, 7) is 0. The Labute approximate surface area is 235 Å². The van der Waals surface area contributed by atoms with E-state index in [2.05, 4.69) is 4.98 Å². The first kappa shape index (κ1) is 31.8. The number of hydrogen-bond donors (Lipinski definition) is 18. The van der Waals surface area contributed by atoms with Gasteiger partial charge in [0.15, 0.2) is 39.6 Å². The lowest BCUT2D eigenvalue weighted by molar-refractivity contribution is -0.407. The lowest BCUT2D eigenvalue weighted by Crippen LogP contribution is -2.68. The molecule has 1 amide bonds. The van der Waals surface area contributed by atoms with Crippen molar-refractivity contribution in [1.29, 1.82) is 0 Å². The van der Waals surface area contributed by atoms with Crippen LogP contribution in [-0.2, 0) is 23.4 Å². The van der Waals surface area contributed by atoms with Crippen molar-refractivity contribution in [3.63, 3.8) is 0 Å². The van der Waals surface area contributed by atoms with Crippen molar-refractivity contribution in [2.24, 2.45) is 0 Å². The Bertz CT molecular complexity index is 1500. The highest BCUT2D eigenvalue weighted by molar-refractivity contribution is 7.13. The van der Waals surface area contributed by atoms with Crippen LogP contribution in [0.3, 0.4) is 0 Å². The number of nitrogen functional groups attached to an aromatic ring is 1. The fraction of sp³-hybridized carbons (Fsp3) is 0.238. The minimum atomic E-state index is -4.51. The fourth-order valence-corrected chi connectivity index (χ4v) is 4.19. The number of amides is 1. The number of aliphatic hydroxyl groups is 6. The number of carbonyl (C=O) groups excluding carboxylic acids is 1. The number of phenolic OH excluding ortho intramolecular Hbond substituents is 9. The minimum absolute atomic E-state index is 0.109. The van der Waals surface area contributed by atoms with Crippen LogP contribution in [0.25, 0.3) is 0 Å². The zero-order chi connectivity index (χ0) is 32.1. The van der Waals surface area contributed by atoms with E-state index in [1.165, 1.54) is 5.38 Å². The molecule has 0 bridgehead atoms. The average Bonchev–Trinajstić information content (AvgIpc) is 3.29. The van der Waals surface area contributed by atoms with E-state index in [0.717, 1.165) is 16.7 Å².